The van der Waals surface area contributed by atoms with Crippen molar-refractivity contribution in [3.8, 4) is 0 Å². The predicted molar refractivity (Wildman–Crippen MR) is 36.7 cm³/mol. The van der Waals surface area contributed by atoms with Crippen molar-refractivity contribution in [1.82, 2.24) is 4.90 Å². The molecule has 0 aromatic heterocycles. The minimum absolute atomic E-state index is 0.713. The van der Waals surface area contributed by atoms with Crippen molar-refractivity contribution in [2.75, 3.05) is 6.73 Å². The van der Waals surface area contributed by atoms with Crippen LogP contribution in [0.4, 0.5) is 0 Å². The molecule has 0 fully saturated rings. The molecule has 2 heterocycles. The highest BCUT2D eigenvalue weighted by molar-refractivity contribution is 5.46. The molecule has 0 radical (unpaired) electrons. The lowest BCUT2D eigenvalue weighted by atomic mass is 10.2. The second-order valence-electron chi connectivity index (χ2n) is 2.76. The lowest BCUT2D eigenvalue weighted by Crippen LogP contribution is -2.13. The smallest absolute Gasteiger partial charge is 0.164 e. The normalized spacial score (nSPS) is 25.6. The third-order valence-corrected chi connectivity index (χ3v) is 2.13. The van der Waals surface area contributed by atoms with E-state index in [0.29, 0.717) is 6.73 Å². The first-order valence-corrected chi connectivity index (χ1v) is 3.45. The van der Waals surface area contributed by atoms with E-state index in [4.69, 9.17) is 4.74 Å². The number of nitrogens with zero attached hydrogens (tertiary/aromatic N) is 1. The van der Waals surface area contributed by atoms with Gasteiger partial charge >= 0.3 is 0 Å². The van der Waals surface area contributed by atoms with E-state index in [9.17, 15) is 0 Å². The Bertz CT molecular complexity index is 286. The third-order valence-electron chi connectivity index (χ3n) is 2.13. The summed E-state index contributed by atoms with van der Waals surface area (Å²) in [7, 11) is 0. The second-order valence-corrected chi connectivity index (χ2v) is 2.76. The van der Waals surface area contributed by atoms with Gasteiger partial charge in [0.1, 0.15) is 5.76 Å². The van der Waals surface area contributed by atoms with Crippen LogP contribution in [-0.2, 0) is 4.74 Å². The van der Waals surface area contributed by atoms with Gasteiger partial charge in [-0.05, 0) is 17.7 Å². The Morgan fingerprint density at radius 1 is 1.50 bits per heavy atom. The van der Waals surface area contributed by atoms with Gasteiger partial charge in [-0.25, -0.2) is 0 Å². The molecule has 0 aromatic rings. The van der Waals surface area contributed by atoms with Crippen LogP contribution in [0.25, 0.3) is 0 Å². The summed E-state index contributed by atoms with van der Waals surface area (Å²) in [6.07, 6.45) is 7.44. The van der Waals surface area contributed by atoms with Crippen molar-refractivity contribution in [2.45, 2.75) is 6.42 Å². The molecule has 0 unspecified atom stereocenters. The molecule has 2 bridgehead atoms. The van der Waals surface area contributed by atoms with Gasteiger partial charge in [0.25, 0.3) is 0 Å². The lowest BCUT2D eigenvalue weighted by molar-refractivity contribution is 0.172. The maximum Gasteiger partial charge on any atom is 0.164 e. The first-order valence-electron chi connectivity index (χ1n) is 3.45. The summed E-state index contributed by atoms with van der Waals surface area (Å²) in [6.45, 7) is 0.713. The monoisotopic (exact) mass is 133 g/mol. The van der Waals surface area contributed by atoms with Crippen LogP contribution in [0.1, 0.15) is 6.42 Å². The van der Waals surface area contributed by atoms with E-state index < -0.39 is 0 Å². The summed E-state index contributed by atoms with van der Waals surface area (Å²) in [4.78, 5) is 2.13. The van der Waals surface area contributed by atoms with Crippen molar-refractivity contribution in [2.24, 2.45) is 0 Å². The molecule has 3 aliphatic rings. The van der Waals surface area contributed by atoms with Crippen LogP contribution in [0.15, 0.2) is 35.4 Å². The molecule has 3 rings (SSSR count). The number of hydrogen-bond acceptors (Lipinski definition) is 2. The van der Waals surface area contributed by atoms with Crippen LogP contribution in [0.3, 0.4) is 0 Å². The van der Waals surface area contributed by atoms with Gasteiger partial charge in [0.05, 0.1) is 5.70 Å². The van der Waals surface area contributed by atoms with Crippen molar-refractivity contribution < 1.29 is 4.74 Å². The Balaban J connectivity index is 2.22. The van der Waals surface area contributed by atoms with E-state index in [1.165, 1.54) is 11.3 Å². The topological polar surface area (TPSA) is 12.5 Å². The van der Waals surface area contributed by atoms with E-state index in [1.54, 1.807) is 0 Å². The maximum absolute atomic E-state index is 5.41. The Kier molecular flexibility index (Phi) is 0.592. The summed E-state index contributed by atoms with van der Waals surface area (Å²) >= 11 is 0. The van der Waals surface area contributed by atoms with E-state index in [0.717, 1.165) is 12.2 Å². The lowest BCUT2D eigenvalue weighted by Gasteiger charge is -2.15. The van der Waals surface area contributed by atoms with Gasteiger partial charge in [0.2, 0.25) is 0 Å². The average Bonchev–Trinajstić information content (AvgIpc) is 2.38. The largest absolute Gasteiger partial charge is 0.475 e. The molecule has 50 valence electrons. The van der Waals surface area contributed by atoms with Crippen LogP contribution < -0.4 is 0 Å². The molecule has 0 N–H and O–H groups in total. The molecule has 10 heavy (non-hydrogen) atoms. The Hall–Kier alpha value is -1.18. The van der Waals surface area contributed by atoms with Crippen molar-refractivity contribution in [1.29, 1.82) is 0 Å². The molecule has 0 saturated carbocycles. The fraction of sp³-hybridized carbons (Fsp3) is 0.250. The Morgan fingerprint density at radius 2 is 2.50 bits per heavy atom. The highest BCUT2D eigenvalue weighted by atomic mass is 16.5. The zero-order valence-corrected chi connectivity index (χ0v) is 5.50. The quantitative estimate of drug-likeness (QED) is 0.494. The van der Waals surface area contributed by atoms with Crippen LogP contribution in [0.2, 0.25) is 0 Å². The van der Waals surface area contributed by atoms with Crippen LogP contribution in [0, 0.1) is 0 Å². The highest BCUT2D eigenvalue weighted by Crippen LogP contribution is 2.37. The van der Waals surface area contributed by atoms with E-state index >= 15 is 0 Å². The number of ether oxygens (including phenoxy) is 1. The number of allylic oxidation sites excluding steroid dienone is 3. The molecule has 0 amide bonds. The molecule has 0 saturated heterocycles. The van der Waals surface area contributed by atoms with Gasteiger partial charge in [0.15, 0.2) is 6.73 Å². The minimum atomic E-state index is 0.713. The molecule has 2 nitrogen and oxygen atoms in total. The van der Waals surface area contributed by atoms with Gasteiger partial charge in [-0.1, -0.05) is 0 Å². The van der Waals surface area contributed by atoms with Crippen molar-refractivity contribution in [3.05, 3.63) is 35.4 Å². The maximum atomic E-state index is 5.41. The molecular formula is C8H7NO. The summed E-state index contributed by atoms with van der Waals surface area (Å²) in [5.74, 6) is 1.15. The van der Waals surface area contributed by atoms with Gasteiger partial charge in [-0.15, -0.1) is 0 Å². The number of rotatable bonds is 0. The van der Waals surface area contributed by atoms with Crippen molar-refractivity contribution >= 4 is 0 Å². The minimum Gasteiger partial charge on any atom is -0.475 e. The van der Waals surface area contributed by atoms with Gasteiger partial charge in [0, 0.05) is 12.6 Å². The van der Waals surface area contributed by atoms with Gasteiger partial charge < -0.3 is 9.64 Å². The third kappa shape index (κ3) is 0.375. The fourth-order valence-electron chi connectivity index (χ4n) is 1.58. The molecule has 1 aliphatic carbocycles. The van der Waals surface area contributed by atoms with Crippen molar-refractivity contribution in [3.63, 3.8) is 0 Å². The van der Waals surface area contributed by atoms with Crippen LogP contribution >= 0.6 is 0 Å². The summed E-state index contributed by atoms with van der Waals surface area (Å²) in [5, 5.41) is 0. The Morgan fingerprint density at radius 3 is 3.50 bits per heavy atom. The van der Waals surface area contributed by atoms with E-state index in [2.05, 4.69) is 23.3 Å². The zero-order valence-electron chi connectivity index (χ0n) is 5.50. The average molecular weight is 133 g/mol. The molecule has 2 aliphatic heterocycles. The molecule has 0 atom stereocenters. The SMILES string of the molecule is C1=CN2COC3=C2C=C1C3. The standard InChI is InChI=1S/C8H7NO/c1-2-9-5-10-8-4-6(1)3-7(8)9/h1-3H,4-5H2. The predicted octanol–water partition coefficient (Wildman–Crippen LogP) is 1.35. The van der Waals surface area contributed by atoms with Gasteiger partial charge in [-0.2, -0.15) is 0 Å². The summed E-state index contributed by atoms with van der Waals surface area (Å²) < 4.78 is 5.41. The first-order chi connectivity index (χ1) is 4.93. The van der Waals surface area contributed by atoms with Gasteiger partial charge in [-0.3, -0.25) is 0 Å². The molecule has 0 aromatic carbocycles. The molecule has 2 heteroatoms. The second kappa shape index (κ2) is 1.29. The zero-order chi connectivity index (χ0) is 6.55. The van der Waals surface area contributed by atoms with Crippen LogP contribution in [0.5, 0.6) is 0 Å². The highest BCUT2D eigenvalue weighted by Gasteiger charge is 2.28. The first kappa shape index (κ1) is 4.61. The van der Waals surface area contributed by atoms with E-state index in [-0.39, 0.29) is 0 Å². The summed E-state index contributed by atoms with van der Waals surface area (Å²) in [5.41, 5.74) is 2.65. The fourth-order valence-corrected chi connectivity index (χ4v) is 1.58. The summed E-state index contributed by atoms with van der Waals surface area (Å²) in [6, 6.07) is 0. The van der Waals surface area contributed by atoms with E-state index in [1.807, 2.05) is 0 Å². The number of hydrogen-bond donors (Lipinski definition) is 0. The molecule has 0 spiro atoms. The Labute approximate surface area is 59.1 Å². The van der Waals surface area contributed by atoms with Crippen LogP contribution in [-0.4, -0.2) is 11.6 Å². The molecular weight excluding hydrogens is 126 g/mol.